The monoisotopic (exact) mass is 294 g/mol. The summed E-state index contributed by atoms with van der Waals surface area (Å²) >= 11 is 1.46. The van der Waals surface area contributed by atoms with Crippen LogP contribution in [-0.4, -0.2) is 58.6 Å². The van der Waals surface area contributed by atoms with E-state index in [9.17, 15) is 9.90 Å². The fourth-order valence-electron chi connectivity index (χ4n) is 2.79. The minimum Gasteiger partial charge on any atom is -0.476 e. The van der Waals surface area contributed by atoms with Gasteiger partial charge in [0.2, 0.25) is 0 Å². The first-order valence-corrected chi connectivity index (χ1v) is 7.56. The Kier molecular flexibility index (Phi) is 3.39. The molecule has 0 aromatic carbocycles. The maximum Gasteiger partial charge on any atom is 0.356 e. The molecule has 0 spiro atoms. The fourth-order valence-corrected chi connectivity index (χ4v) is 3.50. The van der Waals surface area contributed by atoms with Gasteiger partial charge in [-0.2, -0.15) is 0 Å². The third-order valence-electron chi connectivity index (χ3n) is 3.94. The molecule has 0 amide bonds. The van der Waals surface area contributed by atoms with Gasteiger partial charge in [-0.25, -0.2) is 9.78 Å². The lowest BCUT2D eigenvalue weighted by Gasteiger charge is -2.35. The number of imidazole rings is 1. The zero-order valence-electron chi connectivity index (χ0n) is 11.6. The summed E-state index contributed by atoms with van der Waals surface area (Å²) in [5.41, 5.74) is 0.282. The zero-order chi connectivity index (χ0) is 14.3. The normalized spacial score (nSPS) is 17.2. The summed E-state index contributed by atoms with van der Waals surface area (Å²) in [6.07, 6.45) is 3.85. The highest BCUT2D eigenvalue weighted by atomic mass is 32.1. The van der Waals surface area contributed by atoms with Crippen LogP contribution in [0.25, 0.3) is 4.96 Å². The van der Waals surface area contributed by atoms with Crippen LogP contribution in [0.5, 0.6) is 0 Å². The number of fused-ring (bicyclic) bond motifs is 1. The van der Waals surface area contributed by atoms with Crippen molar-refractivity contribution in [3.8, 4) is 0 Å². The van der Waals surface area contributed by atoms with Crippen LogP contribution in [0.15, 0.2) is 11.6 Å². The van der Waals surface area contributed by atoms with Crippen molar-refractivity contribution in [3.05, 3.63) is 17.3 Å². The van der Waals surface area contributed by atoms with E-state index < -0.39 is 5.97 Å². The quantitative estimate of drug-likeness (QED) is 0.932. The summed E-state index contributed by atoms with van der Waals surface area (Å²) in [5.74, 6) is -0.304. The van der Waals surface area contributed by atoms with E-state index in [1.165, 1.54) is 11.3 Å². The molecule has 7 heteroatoms. The third-order valence-corrected chi connectivity index (χ3v) is 4.70. The Hall–Kier alpha value is -1.60. The SMILES string of the molecule is CN(C)C1CCN(c2nc3sccn3c2C(=O)O)CC1. The average molecular weight is 294 g/mol. The summed E-state index contributed by atoms with van der Waals surface area (Å²) in [6.45, 7) is 1.71. The molecule has 0 aliphatic carbocycles. The average Bonchev–Trinajstić information content (AvgIpc) is 2.97. The first-order chi connectivity index (χ1) is 9.58. The molecule has 0 unspecified atom stereocenters. The molecule has 3 heterocycles. The Balaban J connectivity index is 1.89. The molecule has 0 bridgehead atoms. The van der Waals surface area contributed by atoms with Crippen LogP contribution in [0.4, 0.5) is 5.82 Å². The maximum atomic E-state index is 11.5. The molecule has 2 aromatic rings. The van der Waals surface area contributed by atoms with Crippen LogP contribution in [0.2, 0.25) is 0 Å². The molecule has 2 aromatic heterocycles. The maximum absolute atomic E-state index is 11.5. The number of nitrogens with zero attached hydrogens (tertiary/aromatic N) is 4. The van der Waals surface area contributed by atoms with Crippen molar-refractivity contribution in [3.63, 3.8) is 0 Å². The number of rotatable bonds is 3. The molecule has 3 rings (SSSR count). The number of anilines is 1. The lowest BCUT2D eigenvalue weighted by molar-refractivity contribution is 0.0690. The lowest BCUT2D eigenvalue weighted by atomic mass is 10.0. The highest BCUT2D eigenvalue weighted by Crippen LogP contribution is 2.27. The van der Waals surface area contributed by atoms with Gasteiger partial charge in [-0.15, -0.1) is 11.3 Å². The van der Waals surface area contributed by atoms with E-state index in [2.05, 4.69) is 28.9 Å². The van der Waals surface area contributed by atoms with Crippen molar-refractivity contribution >= 4 is 28.1 Å². The Morgan fingerprint density at radius 2 is 2.15 bits per heavy atom. The molecule has 0 saturated carbocycles. The van der Waals surface area contributed by atoms with E-state index in [0.717, 1.165) is 30.9 Å². The largest absolute Gasteiger partial charge is 0.476 e. The highest BCUT2D eigenvalue weighted by molar-refractivity contribution is 7.15. The number of hydrogen-bond donors (Lipinski definition) is 1. The Bertz CT molecular complexity index is 625. The summed E-state index contributed by atoms with van der Waals surface area (Å²) in [6, 6.07) is 0.572. The number of carboxylic acids is 1. The van der Waals surface area contributed by atoms with Crippen molar-refractivity contribution in [2.45, 2.75) is 18.9 Å². The van der Waals surface area contributed by atoms with Gasteiger partial charge < -0.3 is 14.9 Å². The molecule has 0 atom stereocenters. The second kappa shape index (κ2) is 5.06. The summed E-state index contributed by atoms with van der Waals surface area (Å²) in [5, 5.41) is 11.3. The number of piperidine rings is 1. The zero-order valence-corrected chi connectivity index (χ0v) is 12.4. The third kappa shape index (κ3) is 2.16. The van der Waals surface area contributed by atoms with Crippen molar-refractivity contribution in [2.24, 2.45) is 0 Å². The lowest BCUT2D eigenvalue weighted by Crippen LogP contribution is -2.42. The Labute approximate surface area is 121 Å². The standard InChI is InChI=1S/C13H18N4O2S/c1-15(2)9-3-5-16(6-4-9)11-10(12(18)19)17-7-8-20-13(17)14-11/h7-9H,3-6H2,1-2H3,(H,18,19). The van der Waals surface area contributed by atoms with Crippen LogP contribution in [-0.2, 0) is 0 Å². The number of thiazole rings is 1. The molecule has 20 heavy (non-hydrogen) atoms. The van der Waals surface area contributed by atoms with E-state index in [4.69, 9.17) is 0 Å². The Morgan fingerprint density at radius 3 is 2.75 bits per heavy atom. The van der Waals surface area contributed by atoms with Crippen LogP contribution >= 0.6 is 11.3 Å². The number of carbonyl (C=O) groups is 1. The molecule has 0 radical (unpaired) electrons. The van der Waals surface area contributed by atoms with Gasteiger partial charge in [-0.3, -0.25) is 4.40 Å². The molecular weight excluding hydrogens is 276 g/mol. The predicted molar refractivity (Wildman–Crippen MR) is 79.0 cm³/mol. The van der Waals surface area contributed by atoms with E-state index in [0.29, 0.717) is 11.9 Å². The molecule has 1 aliphatic heterocycles. The predicted octanol–water partition coefficient (Wildman–Crippen LogP) is 1.62. The van der Waals surface area contributed by atoms with Gasteiger partial charge in [0.05, 0.1) is 0 Å². The number of carboxylic acid groups (broad SMARTS) is 1. The molecule has 1 fully saturated rings. The van der Waals surface area contributed by atoms with Gasteiger partial charge in [-0.1, -0.05) is 0 Å². The van der Waals surface area contributed by atoms with Gasteiger partial charge in [0.1, 0.15) is 0 Å². The van der Waals surface area contributed by atoms with E-state index in [1.54, 1.807) is 10.6 Å². The smallest absolute Gasteiger partial charge is 0.356 e. The van der Waals surface area contributed by atoms with Crippen molar-refractivity contribution in [1.29, 1.82) is 0 Å². The minimum absolute atomic E-state index is 0.282. The molecule has 108 valence electrons. The van der Waals surface area contributed by atoms with Gasteiger partial charge in [0.15, 0.2) is 16.5 Å². The summed E-state index contributed by atoms with van der Waals surface area (Å²) in [7, 11) is 4.19. The second-order valence-corrected chi connectivity index (χ2v) is 6.20. The van der Waals surface area contributed by atoms with Gasteiger partial charge in [0, 0.05) is 30.7 Å². The van der Waals surface area contributed by atoms with Crippen LogP contribution in [0, 0.1) is 0 Å². The van der Waals surface area contributed by atoms with Gasteiger partial charge in [-0.05, 0) is 26.9 Å². The van der Waals surface area contributed by atoms with Gasteiger partial charge in [0.25, 0.3) is 0 Å². The van der Waals surface area contributed by atoms with Crippen molar-refractivity contribution < 1.29 is 9.90 Å². The molecule has 6 nitrogen and oxygen atoms in total. The van der Waals surface area contributed by atoms with E-state index in [1.807, 2.05) is 5.38 Å². The van der Waals surface area contributed by atoms with Crippen LogP contribution < -0.4 is 4.90 Å². The van der Waals surface area contributed by atoms with Crippen molar-refractivity contribution in [1.82, 2.24) is 14.3 Å². The summed E-state index contributed by atoms with van der Waals surface area (Å²) < 4.78 is 1.67. The fraction of sp³-hybridized carbons (Fsp3) is 0.538. The number of aromatic nitrogens is 2. The molecule has 1 N–H and O–H groups in total. The van der Waals surface area contributed by atoms with Crippen molar-refractivity contribution in [2.75, 3.05) is 32.1 Å². The van der Waals surface area contributed by atoms with Gasteiger partial charge >= 0.3 is 5.97 Å². The highest BCUT2D eigenvalue weighted by Gasteiger charge is 2.27. The topological polar surface area (TPSA) is 61.1 Å². The first kappa shape index (κ1) is 13.4. The van der Waals surface area contributed by atoms with Crippen LogP contribution in [0.3, 0.4) is 0 Å². The molecule has 1 saturated heterocycles. The van der Waals surface area contributed by atoms with Crippen LogP contribution in [0.1, 0.15) is 23.3 Å². The van der Waals surface area contributed by atoms with E-state index in [-0.39, 0.29) is 5.69 Å². The summed E-state index contributed by atoms with van der Waals surface area (Å²) in [4.78, 5) is 21.1. The Morgan fingerprint density at radius 1 is 1.45 bits per heavy atom. The molecular formula is C13H18N4O2S. The van der Waals surface area contributed by atoms with E-state index >= 15 is 0 Å². The molecule has 1 aliphatic rings. The minimum atomic E-state index is -0.916. The second-order valence-electron chi connectivity index (χ2n) is 5.33. The number of aromatic carboxylic acids is 1. The first-order valence-electron chi connectivity index (χ1n) is 6.68. The number of hydrogen-bond acceptors (Lipinski definition) is 5.